The van der Waals surface area contributed by atoms with Gasteiger partial charge in [0.1, 0.15) is 0 Å². The fourth-order valence-corrected chi connectivity index (χ4v) is 2.05. The number of carbonyl (C=O) groups is 1. The summed E-state index contributed by atoms with van der Waals surface area (Å²) in [6.45, 7) is 6.42. The number of esters is 1. The van der Waals surface area contributed by atoms with E-state index in [-0.39, 0.29) is 5.97 Å². The van der Waals surface area contributed by atoms with E-state index >= 15 is 0 Å². The van der Waals surface area contributed by atoms with Crippen molar-refractivity contribution < 1.29 is 9.53 Å². The van der Waals surface area contributed by atoms with E-state index in [0.717, 1.165) is 12.8 Å². The van der Waals surface area contributed by atoms with Gasteiger partial charge in [0.25, 0.3) is 0 Å². The van der Waals surface area contributed by atoms with Gasteiger partial charge >= 0.3 is 5.97 Å². The first-order valence-corrected chi connectivity index (χ1v) is 4.88. The predicted molar refractivity (Wildman–Crippen MR) is 52.3 cm³/mol. The summed E-state index contributed by atoms with van der Waals surface area (Å²) in [5, 5.41) is 0. The van der Waals surface area contributed by atoms with E-state index in [1.54, 1.807) is 0 Å². The first-order chi connectivity index (χ1) is 6.08. The van der Waals surface area contributed by atoms with Crippen molar-refractivity contribution in [1.29, 1.82) is 0 Å². The van der Waals surface area contributed by atoms with E-state index in [4.69, 9.17) is 4.74 Å². The monoisotopic (exact) mass is 182 g/mol. The van der Waals surface area contributed by atoms with Gasteiger partial charge in [-0.25, -0.2) is 0 Å². The minimum absolute atomic E-state index is 0.167. The van der Waals surface area contributed by atoms with Crippen LogP contribution in [0.1, 0.15) is 33.6 Å². The molecule has 0 fully saturated rings. The fraction of sp³-hybridized carbons (Fsp3) is 0.727. The molecule has 0 aromatic carbocycles. The first kappa shape index (κ1) is 10.3. The third-order valence-corrected chi connectivity index (χ3v) is 2.41. The van der Waals surface area contributed by atoms with E-state index in [1.807, 2.05) is 0 Å². The molecule has 1 aliphatic carbocycles. The lowest BCUT2D eigenvalue weighted by atomic mass is 9.84. The zero-order chi connectivity index (χ0) is 9.84. The molecule has 2 atom stereocenters. The highest BCUT2D eigenvalue weighted by Crippen LogP contribution is 2.27. The molecular formula is C11H18O2. The quantitative estimate of drug-likeness (QED) is 0.484. The second-order valence-corrected chi connectivity index (χ2v) is 4.10. The molecule has 74 valence electrons. The molecule has 0 heterocycles. The van der Waals surface area contributed by atoms with Crippen molar-refractivity contribution in [3.8, 4) is 0 Å². The molecule has 0 saturated carbocycles. The van der Waals surface area contributed by atoms with E-state index in [1.165, 1.54) is 12.5 Å². The summed E-state index contributed by atoms with van der Waals surface area (Å²) in [6, 6.07) is 0. The Morgan fingerprint density at radius 3 is 2.92 bits per heavy atom. The topological polar surface area (TPSA) is 26.3 Å². The summed E-state index contributed by atoms with van der Waals surface area (Å²) in [5.41, 5.74) is 1.43. The minimum atomic E-state index is -0.167. The van der Waals surface area contributed by atoms with Gasteiger partial charge in [-0.15, -0.1) is 0 Å². The van der Waals surface area contributed by atoms with Crippen LogP contribution in [0.2, 0.25) is 0 Å². The van der Waals surface area contributed by atoms with Crippen LogP contribution >= 0.6 is 0 Å². The Hall–Kier alpha value is -0.790. The molecule has 13 heavy (non-hydrogen) atoms. The van der Waals surface area contributed by atoms with E-state index in [9.17, 15) is 4.79 Å². The maximum atomic E-state index is 10.6. The van der Waals surface area contributed by atoms with Crippen molar-refractivity contribution in [1.82, 2.24) is 0 Å². The lowest BCUT2D eigenvalue weighted by molar-refractivity contribution is -0.142. The van der Waals surface area contributed by atoms with Crippen LogP contribution in [0, 0.1) is 11.8 Å². The Morgan fingerprint density at radius 2 is 2.38 bits per heavy atom. The zero-order valence-corrected chi connectivity index (χ0v) is 8.67. The average molecular weight is 182 g/mol. The van der Waals surface area contributed by atoms with E-state index < -0.39 is 0 Å². The number of carbonyl (C=O) groups excluding carboxylic acids is 1. The highest BCUT2D eigenvalue weighted by atomic mass is 16.5. The molecule has 0 aliphatic heterocycles. The molecule has 2 heteroatoms. The number of rotatable bonds is 2. The van der Waals surface area contributed by atoms with Crippen LogP contribution in [-0.2, 0) is 9.53 Å². The van der Waals surface area contributed by atoms with Crippen LogP contribution in [-0.4, -0.2) is 12.6 Å². The summed E-state index contributed by atoms with van der Waals surface area (Å²) in [7, 11) is 0. The van der Waals surface area contributed by atoms with Gasteiger partial charge in [-0.05, 0) is 31.6 Å². The smallest absolute Gasteiger partial charge is 0.302 e. The predicted octanol–water partition coefficient (Wildman–Crippen LogP) is 2.54. The van der Waals surface area contributed by atoms with Crippen molar-refractivity contribution in [3.05, 3.63) is 11.6 Å². The third-order valence-electron chi connectivity index (χ3n) is 2.41. The lowest BCUT2D eigenvalue weighted by Crippen LogP contribution is -2.18. The van der Waals surface area contributed by atoms with Crippen LogP contribution in [0.25, 0.3) is 0 Å². The first-order valence-electron chi connectivity index (χ1n) is 4.88. The van der Waals surface area contributed by atoms with Gasteiger partial charge < -0.3 is 4.74 Å². The maximum absolute atomic E-state index is 10.6. The summed E-state index contributed by atoms with van der Waals surface area (Å²) < 4.78 is 5.01. The van der Waals surface area contributed by atoms with Gasteiger partial charge in [-0.2, -0.15) is 0 Å². The molecular weight excluding hydrogens is 164 g/mol. The Bertz CT molecular complexity index is 218. The Kier molecular flexibility index (Phi) is 3.52. The zero-order valence-electron chi connectivity index (χ0n) is 8.67. The van der Waals surface area contributed by atoms with Gasteiger partial charge in [0, 0.05) is 6.92 Å². The van der Waals surface area contributed by atoms with Gasteiger partial charge in [0.15, 0.2) is 0 Å². The van der Waals surface area contributed by atoms with Crippen LogP contribution in [0.4, 0.5) is 0 Å². The largest absolute Gasteiger partial charge is 0.466 e. The molecule has 0 aromatic rings. The van der Waals surface area contributed by atoms with Crippen molar-refractivity contribution in [2.75, 3.05) is 6.61 Å². The lowest BCUT2D eigenvalue weighted by Gasteiger charge is -2.24. The second-order valence-electron chi connectivity index (χ2n) is 4.10. The molecule has 0 unspecified atom stereocenters. The number of allylic oxidation sites excluding steroid dienone is 2. The number of hydrogen-bond donors (Lipinski definition) is 0. The van der Waals surface area contributed by atoms with Gasteiger partial charge in [-0.3, -0.25) is 4.79 Å². The van der Waals surface area contributed by atoms with E-state index in [2.05, 4.69) is 19.9 Å². The van der Waals surface area contributed by atoms with Crippen LogP contribution < -0.4 is 0 Å². The highest BCUT2D eigenvalue weighted by Gasteiger charge is 2.18. The standard InChI is InChI=1S/C11H18O2/c1-8-4-9(2)6-11(5-8)7-13-10(3)12/h4,8,11H,5-7H2,1-3H3/t8-,11-/m1/s1. The SMILES string of the molecule is CC(=O)OC[C@H]1CC(C)=C[C@@H](C)C1. The Morgan fingerprint density at radius 1 is 1.69 bits per heavy atom. The molecule has 1 aliphatic rings. The summed E-state index contributed by atoms with van der Waals surface area (Å²) in [4.78, 5) is 10.6. The molecule has 0 aromatic heterocycles. The highest BCUT2D eigenvalue weighted by molar-refractivity contribution is 5.65. The number of hydrogen-bond acceptors (Lipinski definition) is 2. The van der Waals surface area contributed by atoms with Crippen LogP contribution in [0.3, 0.4) is 0 Å². The van der Waals surface area contributed by atoms with Crippen LogP contribution in [0.15, 0.2) is 11.6 Å². The third kappa shape index (κ3) is 3.62. The summed E-state index contributed by atoms with van der Waals surface area (Å²) in [6.07, 6.45) is 4.53. The average Bonchev–Trinajstić information content (AvgIpc) is 1.99. The maximum Gasteiger partial charge on any atom is 0.302 e. The van der Waals surface area contributed by atoms with Crippen molar-refractivity contribution in [3.63, 3.8) is 0 Å². The summed E-state index contributed by atoms with van der Waals surface area (Å²) in [5.74, 6) is 0.998. The molecule has 0 spiro atoms. The van der Waals surface area contributed by atoms with Gasteiger partial charge in [-0.1, -0.05) is 18.6 Å². The van der Waals surface area contributed by atoms with Gasteiger partial charge in [0.05, 0.1) is 6.61 Å². The number of ether oxygens (including phenoxy) is 1. The normalized spacial score (nSPS) is 28.1. The van der Waals surface area contributed by atoms with Crippen molar-refractivity contribution in [2.45, 2.75) is 33.6 Å². The van der Waals surface area contributed by atoms with Crippen molar-refractivity contribution in [2.24, 2.45) is 11.8 Å². The Labute approximate surface area is 80.0 Å². The molecule has 2 nitrogen and oxygen atoms in total. The van der Waals surface area contributed by atoms with Crippen molar-refractivity contribution >= 4 is 5.97 Å². The van der Waals surface area contributed by atoms with Crippen LogP contribution in [0.5, 0.6) is 0 Å². The Balaban J connectivity index is 2.37. The molecule has 0 radical (unpaired) electrons. The van der Waals surface area contributed by atoms with E-state index in [0.29, 0.717) is 18.4 Å². The molecule has 0 bridgehead atoms. The molecule has 0 amide bonds. The second kappa shape index (κ2) is 4.45. The minimum Gasteiger partial charge on any atom is -0.466 e. The molecule has 1 rings (SSSR count). The fourth-order valence-electron chi connectivity index (χ4n) is 2.05. The van der Waals surface area contributed by atoms with Gasteiger partial charge in [0.2, 0.25) is 0 Å². The molecule has 0 saturated heterocycles. The molecule has 0 N–H and O–H groups in total. The summed E-state index contributed by atoms with van der Waals surface area (Å²) >= 11 is 0.